The maximum absolute atomic E-state index is 17.3. The van der Waals surface area contributed by atoms with Gasteiger partial charge in [0.1, 0.15) is 11.5 Å². The zero-order valence-corrected chi connectivity index (χ0v) is 19.6. The Labute approximate surface area is 194 Å². The Kier molecular flexibility index (Phi) is 5.10. The third-order valence-electron chi connectivity index (χ3n) is 9.93. The number of alkyl halides is 1. The highest BCUT2D eigenvalue weighted by atomic mass is 19.1. The summed E-state index contributed by atoms with van der Waals surface area (Å²) in [6.45, 7) is 5.39. The van der Waals surface area contributed by atoms with Gasteiger partial charge in [0.05, 0.1) is 6.10 Å². The van der Waals surface area contributed by atoms with Gasteiger partial charge in [0.2, 0.25) is 0 Å². The first-order valence-corrected chi connectivity index (χ1v) is 12.2. The molecule has 1 N–H and O–H groups in total. The quantitative estimate of drug-likeness (QED) is 0.663. The molecule has 0 radical (unpaired) electrons. The number of rotatable bonds is 3. The molecule has 0 heterocycles. The van der Waals surface area contributed by atoms with E-state index in [1.807, 2.05) is 32.0 Å². The van der Waals surface area contributed by atoms with E-state index in [1.54, 1.807) is 18.2 Å². The summed E-state index contributed by atoms with van der Waals surface area (Å²) in [7, 11) is 0. The highest BCUT2D eigenvalue weighted by Crippen LogP contribution is 2.70. The van der Waals surface area contributed by atoms with Gasteiger partial charge in [-0.3, -0.25) is 14.4 Å². The lowest BCUT2D eigenvalue weighted by Crippen LogP contribution is -2.67. The van der Waals surface area contributed by atoms with Crippen LogP contribution in [0.1, 0.15) is 69.7 Å². The van der Waals surface area contributed by atoms with Crippen molar-refractivity contribution < 1.29 is 23.9 Å². The lowest BCUT2D eigenvalue weighted by Gasteiger charge is -2.62. The predicted molar refractivity (Wildman–Crippen MR) is 122 cm³/mol. The molecule has 3 saturated carbocycles. The van der Waals surface area contributed by atoms with Crippen LogP contribution in [0.5, 0.6) is 0 Å². The zero-order valence-electron chi connectivity index (χ0n) is 19.6. The number of carbonyl (C=O) groups excluding carboxylic acids is 3. The lowest BCUT2D eigenvalue weighted by molar-refractivity contribution is -0.208. The molecule has 4 nitrogen and oxygen atoms in total. The van der Waals surface area contributed by atoms with Gasteiger partial charge in [-0.05, 0) is 56.4 Å². The van der Waals surface area contributed by atoms with E-state index in [4.69, 9.17) is 0 Å². The molecular weight excluding hydrogens is 419 g/mol. The number of aliphatic hydroxyl groups is 1. The molecule has 1 aromatic rings. The molecule has 33 heavy (non-hydrogen) atoms. The van der Waals surface area contributed by atoms with Crippen LogP contribution < -0.4 is 0 Å². The summed E-state index contributed by atoms with van der Waals surface area (Å²) in [6, 6.07) is 9.03. The maximum Gasteiger partial charge on any atom is 0.166 e. The minimum absolute atomic E-state index is 0.0331. The number of fused-ring (bicyclic) bond motifs is 5. The molecule has 1 unspecified atom stereocenters. The van der Waals surface area contributed by atoms with Crippen LogP contribution in [0.15, 0.2) is 42.0 Å². The van der Waals surface area contributed by atoms with Gasteiger partial charge in [0.15, 0.2) is 11.6 Å². The average Bonchev–Trinajstić information content (AvgIpc) is 3.08. The Morgan fingerprint density at radius 3 is 2.45 bits per heavy atom. The smallest absolute Gasteiger partial charge is 0.166 e. The fourth-order valence-corrected chi connectivity index (χ4v) is 8.44. The van der Waals surface area contributed by atoms with Gasteiger partial charge in [-0.25, -0.2) is 4.39 Å². The zero-order chi connectivity index (χ0) is 23.8. The van der Waals surface area contributed by atoms with Gasteiger partial charge in [-0.15, -0.1) is 0 Å². The molecule has 176 valence electrons. The van der Waals surface area contributed by atoms with Crippen molar-refractivity contribution >= 4 is 17.3 Å². The van der Waals surface area contributed by atoms with Gasteiger partial charge in [0, 0.05) is 35.2 Å². The average molecular weight is 453 g/mol. The van der Waals surface area contributed by atoms with E-state index in [0.717, 1.165) is 5.57 Å². The molecule has 4 aliphatic carbocycles. The van der Waals surface area contributed by atoms with Crippen molar-refractivity contribution in [1.29, 1.82) is 0 Å². The number of ketones is 3. The van der Waals surface area contributed by atoms with Gasteiger partial charge >= 0.3 is 0 Å². The second-order valence-corrected chi connectivity index (χ2v) is 11.4. The van der Waals surface area contributed by atoms with Crippen LogP contribution in [0.25, 0.3) is 0 Å². The van der Waals surface area contributed by atoms with Crippen LogP contribution in [-0.2, 0) is 9.59 Å². The number of benzene rings is 1. The predicted octanol–water partition coefficient (Wildman–Crippen LogP) is 4.90. The summed E-state index contributed by atoms with van der Waals surface area (Å²) in [5.41, 5.74) is -2.00. The monoisotopic (exact) mass is 452 g/mol. The molecule has 4 aliphatic rings. The molecule has 5 rings (SSSR count). The first-order chi connectivity index (χ1) is 15.5. The molecule has 0 spiro atoms. The Morgan fingerprint density at radius 2 is 1.79 bits per heavy atom. The summed E-state index contributed by atoms with van der Waals surface area (Å²) in [5, 5.41) is 11.4. The van der Waals surface area contributed by atoms with Crippen molar-refractivity contribution in [2.24, 2.45) is 34.5 Å². The van der Waals surface area contributed by atoms with Crippen molar-refractivity contribution in [3.63, 3.8) is 0 Å². The van der Waals surface area contributed by atoms with Crippen LogP contribution in [0.4, 0.5) is 4.39 Å². The summed E-state index contributed by atoms with van der Waals surface area (Å²) in [6.07, 6.45) is 2.83. The SMILES string of the molecule is CC(=O)[C@H]1[C@H](C(=O)c2ccccc2)C[C@H]2[C@@H]3CCC4=CC(=O)CC[C@]4(C)C3(F)[C@@H](O)C[C@@]21C. The van der Waals surface area contributed by atoms with Crippen molar-refractivity contribution in [2.45, 2.75) is 71.1 Å². The number of Topliss-reactive ketones (excluding diaryl/α,β-unsaturated/α-hetero) is 2. The molecule has 0 aliphatic heterocycles. The molecule has 3 fully saturated rings. The summed E-state index contributed by atoms with van der Waals surface area (Å²) in [4.78, 5) is 38.6. The van der Waals surface area contributed by atoms with Crippen LogP contribution >= 0.6 is 0 Å². The van der Waals surface area contributed by atoms with Crippen LogP contribution in [0.2, 0.25) is 0 Å². The van der Waals surface area contributed by atoms with E-state index in [1.165, 1.54) is 6.92 Å². The Morgan fingerprint density at radius 1 is 1.09 bits per heavy atom. The second-order valence-electron chi connectivity index (χ2n) is 11.4. The lowest BCUT2D eigenvalue weighted by atomic mass is 9.44. The highest BCUT2D eigenvalue weighted by Gasteiger charge is 2.72. The van der Waals surface area contributed by atoms with Gasteiger partial charge < -0.3 is 5.11 Å². The van der Waals surface area contributed by atoms with Crippen molar-refractivity contribution in [3.05, 3.63) is 47.5 Å². The summed E-state index contributed by atoms with van der Waals surface area (Å²) in [5.74, 6) is -1.75. The normalized spacial score (nSPS) is 44.3. The second kappa shape index (κ2) is 7.43. The fraction of sp³-hybridized carbons (Fsp3) is 0.607. The fourth-order valence-electron chi connectivity index (χ4n) is 8.44. The van der Waals surface area contributed by atoms with Crippen LogP contribution in [-0.4, -0.2) is 34.2 Å². The number of allylic oxidation sites excluding steroid dienone is 1. The highest BCUT2D eigenvalue weighted by molar-refractivity contribution is 6.01. The standard InChI is InChI=1S/C28H33FO4/c1-16(30)24-20(25(33)17-7-5-4-6-8-17)14-22-21-10-9-18-13-19(31)11-12-27(18,3)28(21,29)23(32)15-26(22,24)2/h4-8,13,20-24,32H,9-12,14-15H2,1-3H3/t20-,21+,22+,23+,24+,26+,27+,28?/m1/s1. The van der Waals surface area contributed by atoms with E-state index in [-0.39, 0.29) is 36.1 Å². The molecule has 1 aromatic carbocycles. The first-order valence-electron chi connectivity index (χ1n) is 12.2. The number of hydrogen-bond donors (Lipinski definition) is 1. The van der Waals surface area contributed by atoms with Crippen LogP contribution in [0.3, 0.4) is 0 Å². The maximum atomic E-state index is 17.3. The van der Waals surface area contributed by atoms with E-state index in [0.29, 0.717) is 31.2 Å². The number of hydrogen-bond acceptors (Lipinski definition) is 4. The van der Waals surface area contributed by atoms with Crippen molar-refractivity contribution in [3.8, 4) is 0 Å². The van der Waals surface area contributed by atoms with Gasteiger partial charge in [-0.2, -0.15) is 0 Å². The minimum atomic E-state index is -1.87. The van der Waals surface area contributed by atoms with E-state index < -0.39 is 40.4 Å². The molecule has 0 amide bonds. The van der Waals surface area contributed by atoms with E-state index in [9.17, 15) is 19.5 Å². The molecular formula is C28H33FO4. The Bertz CT molecular complexity index is 1050. The third kappa shape index (κ3) is 2.94. The van der Waals surface area contributed by atoms with Gasteiger partial charge in [-0.1, -0.05) is 49.8 Å². The topological polar surface area (TPSA) is 71.4 Å². The third-order valence-corrected chi connectivity index (χ3v) is 9.93. The molecule has 8 atom stereocenters. The van der Waals surface area contributed by atoms with Crippen molar-refractivity contribution in [1.82, 2.24) is 0 Å². The Hall–Kier alpha value is -2.14. The number of halogens is 1. The molecule has 0 bridgehead atoms. The summed E-state index contributed by atoms with van der Waals surface area (Å²) >= 11 is 0. The minimum Gasteiger partial charge on any atom is -0.390 e. The first kappa shape index (κ1) is 22.6. The molecule has 5 heteroatoms. The van der Waals surface area contributed by atoms with E-state index in [2.05, 4.69) is 0 Å². The van der Waals surface area contributed by atoms with Gasteiger partial charge in [0.25, 0.3) is 0 Å². The number of aliphatic hydroxyl groups excluding tert-OH is 1. The molecule has 0 aromatic heterocycles. The molecule has 0 saturated heterocycles. The summed E-state index contributed by atoms with van der Waals surface area (Å²) < 4.78 is 17.3. The van der Waals surface area contributed by atoms with Crippen molar-refractivity contribution in [2.75, 3.05) is 0 Å². The number of carbonyl (C=O) groups is 3. The largest absolute Gasteiger partial charge is 0.390 e. The Balaban J connectivity index is 1.58. The van der Waals surface area contributed by atoms with Crippen LogP contribution in [0, 0.1) is 34.5 Å². The van der Waals surface area contributed by atoms with E-state index >= 15 is 4.39 Å².